The van der Waals surface area contributed by atoms with Crippen LogP contribution in [0.3, 0.4) is 0 Å². The molecule has 2 rings (SSSR count). The van der Waals surface area contributed by atoms with Gasteiger partial charge in [0.2, 0.25) is 0 Å². The minimum Gasteiger partial charge on any atom is -0.287 e. The molecule has 88 valence electrons. The minimum absolute atomic E-state index is 0.0890. The molecule has 1 nitrogen and oxygen atoms in total. The molecule has 0 saturated carbocycles. The lowest BCUT2D eigenvalue weighted by Crippen LogP contribution is -2.09. The second-order valence-electron chi connectivity index (χ2n) is 4.31. The normalized spacial score (nSPS) is 12.6. The van der Waals surface area contributed by atoms with Crippen LogP contribution in [-0.2, 0) is 11.2 Å². The average molecular weight is 244 g/mol. The molecular weight excluding hydrogens is 228 g/mol. The summed E-state index contributed by atoms with van der Waals surface area (Å²) < 4.78 is 0. The lowest BCUT2D eigenvalue weighted by molar-refractivity contribution is -0.113. The zero-order valence-corrected chi connectivity index (χ0v) is 11.0. The Hall–Kier alpha value is -1.28. The van der Waals surface area contributed by atoms with Crippen molar-refractivity contribution in [3.8, 4) is 0 Å². The first-order chi connectivity index (χ1) is 8.20. The maximum Gasteiger partial charge on any atom is 0.191 e. The predicted octanol–water partition coefficient (Wildman–Crippen LogP) is 3.91. The largest absolute Gasteiger partial charge is 0.287 e. The van der Waals surface area contributed by atoms with Gasteiger partial charge in [-0.2, -0.15) is 0 Å². The number of hydrogen-bond donors (Lipinski definition) is 0. The summed E-state index contributed by atoms with van der Waals surface area (Å²) in [4.78, 5) is 11.5. The van der Waals surface area contributed by atoms with E-state index in [-0.39, 0.29) is 11.0 Å². The number of fused-ring (bicyclic) bond motifs is 1. The smallest absolute Gasteiger partial charge is 0.191 e. The molecule has 0 bridgehead atoms. The van der Waals surface area contributed by atoms with Gasteiger partial charge in [0.05, 0.1) is 0 Å². The van der Waals surface area contributed by atoms with Gasteiger partial charge in [0.1, 0.15) is 0 Å². The van der Waals surface area contributed by atoms with Gasteiger partial charge in [-0.1, -0.05) is 61.2 Å². The highest BCUT2D eigenvalue weighted by molar-refractivity contribution is 8.13. The lowest BCUT2D eigenvalue weighted by Gasteiger charge is -2.09. The van der Waals surface area contributed by atoms with Crippen molar-refractivity contribution in [2.45, 2.75) is 13.3 Å². The fourth-order valence-electron chi connectivity index (χ4n) is 2.00. The molecule has 0 radical (unpaired) electrons. The van der Waals surface area contributed by atoms with Gasteiger partial charge in [0.15, 0.2) is 5.12 Å². The first kappa shape index (κ1) is 12.2. The van der Waals surface area contributed by atoms with Crippen molar-refractivity contribution in [3.05, 3.63) is 48.0 Å². The maximum absolute atomic E-state index is 11.5. The summed E-state index contributed by atoms with van der Waals surface area (Å²) in [5.41, 5.74) is 1.23. The van der Waals surface area contributed by atoms with Gasteiger partial charge in [-0.25, -0.2) is 0 Å². The van der Waals surface area contributed by atoms with Crippen LogP contribution in [0.15, 0.2) is 42.5 Å². The molecule has 0 unspecified atom stereocenters. The highest BCUT2D eigenvalue weighted by Crippen LogP contribution is 2.19. The number of benzene rings is 2. The first-order valence-corrected chi connectivity index (χ1v) is 6.98. The van der Waals surface area contributed by atoms with Gasteiger partial charge in [0, 0.05) is 5.92 Å². The molecule has 0 aliphatic rings. The molecule has 0 N–H and O–H groups in total. The minimum atomic E-state index is 0.0890. The monoisotopic (exact) mass is 244 g/mol. The highest BCUT2D eigenvalue weighted by Gasteiger charge is 2.12. The standard InChI is InChI=1S/C15H16OS/c1-11(15(16)17-2)9-12-7-8-13-5-3-4-6-14(13)10-12/h3-8,10-11H,9H2,1-2H3/t11-/m0/s1. The fraction of sp³-hybridized carbons (Fsp3) is 0.267. The van der Waals surface area contributed by atoms with Crippen LogP contribution in [0, 0.1) is 5.92 Å². The van der Waals surface area contributed by atoms with Crippen molar-refractivity contribution < 1.29 is 4.79 Å². The summed E-state index contributed by atoms with van der Waals surface area (Å²) >= 11 is 1.32. The molecule has 2 aromatic rings. The first-order valence-electron chi connectivity index (χ1n) is 5.76. The van der Waals surface area contributed by atoms with E-state index in [0.29, 0.717) is 0 Å². The van der Waals surface area contributed by atoms with Crippen LogP contribution in [0.5, 0.6) is 0 Å². The number of hydrogen-bond acceptors (Lipinski definition) is 2. The molecule has 17 heavy (non-hydrogen) atoms. The van der Waals surface area contributed by atoms with E-state index in [9.17, 15) is 4.79 Å². The Labute approximate surface area is 106 Å². The molecule has 0 amide bonds. The molecule has 2 heteroatoms. The summed E-state index contributed by atoms with van der Waals surface area (Å²) in [5, 5.41) is 2.76. The molecule has 0 fully saturated rings. The third-order valence-electron chi connectivity index (χ3n) is 2.96. The zero-order chi connectivity index (χ0) is 12.3. The van der Waals surface area contributed by atoms with E-state index >= 15 is 0 Å². The quantitative estimate of drug-likeness (QED) is 0.814. The second kappa shape index (κ2) is 5.37. The Kier molecular flexibility index (Phi) is 3.85. The third-order valence-corrected chi connectivity index (χ3v) is 3.76. The Balaban J connectivity index is 2.22. The van der Waals surface area contributed by atoms with E-state index < -0.39 is 0 Å². The van der Waals surface area contributed by atoms with Crippen LogP contribution in [0.25, 0.3) is 10.8 Å². The third kappa shape index (κ3) is 2.89. The molecule has 0 heterocycles. The Morgan fingerprint density at radius 2 is 1.88 bits per heavy atom. The SMILES string of the molecule is CSC(=O)[C@@H](C)Cc1ccc2ccccc2c1. The number of carbonyl (C=O) groups is 1. The van der Waals surface area contributed by atoms with Gasteiger partial charge in [-0.3, -0.25) is 4.79 Å². The van der Waals surface area contributed by atoms with Crippen LogP contribution >= 0.6 is 11.8 Å². The van der Waals surface area contributed by atoms with Gasteiger partial charge in [-0.15, -0.1) is 0 Å². The summed E-state index contributed by atoms with van der Waals surface area (Å²) in [6.07, 6.45) is 2.67. The lowest BCUT2D eigenvalue weighted by atomic mass is 9.99. The second-order valence-corrected chi connectivity index (χ2v) is 5.12. The van der Waals surface area contributed by atoms with E-state index in [1.165, 1.54) is 28.1 Å². The number of rotatable bonds is 3. The molecule has 1 atom stereocenters. The van der Waals surface area contributed by atoms with Crippen LogP contribution < -0.4 is 0 Å². The Morgan fingerprint density at radius 1 is 1.18 bits per heavy atom. The average Bonchev–Trinajstić information content (AvgIpc) is 2.37. The van der Waals surface area contributed by atoms with E-state index in [1.807, 2.05) is 25.3 Å². The topological polar surface area (TPSA) is 17.1 Å². The van der Waals surface area contributed by atoms with Gasteiger partial charge in [-0.05, 0) is 29.0 Å². The molecular formula is C15H16OS. The van der Waals surface area contributed by atoms with Crippen molar-refractivity contribution >= 4 is 27.6 Å². The Morgan fingerprint density at radius 3 is 2.59 bits per heavy atom. The van der Waals surface area contributed by atoms with Crippen molar-refractivity contribution in [3.63, 3.8) is 0 Å². The molecule has 0 saturated heterocycles. The van der Waals surface area contributed by atoms with E-state index in [0.717, 1.165) is 6.42 Å². The summed E-state index contributed by atoms with van der Waals surface area (Å²) in [7, 11) is 0. The number of carbonyl (C=O) groups excluding carboxylic acids is 1. The number of thioether (sulfide) groups is 1. The van der Waals surface area contributed by atoms with Crippen molar-refractivity contribution in [2.75, 3.05) is 6.26 Å². The molecule has 0 aliphatic heterocycles. The summed E-state index contributed by atoms with van der Waals surface area (Å²) in [5.74, 6) is 0.0890. The Bertz CT molecular complexity index is 533. The van der Waals surface area contributed by atoms with Crippen molar-refractivity contribution in [1.29, 1.82) is 0 Å². The van der Waals surface area contributed by atoms with E-state index in [2.05, 4.69) is 30.3 Å². The molecule has 0 aromatic heterocycles. The maximum atomic E-state index is 11.5. The zero-order valence-electron chi connectivity index (χ0n) is 10.1. The molecule has 2 aromatic carbocycles. The van der Waals surface area contributed by atoms with Crippen molar-refractivity contribution in [2.24, 2.45) is 5.92 Å². The van der Waals surface area contributed by atoms with E-state index in [4.69, 9.17) is 0 Å². The highest BCUT2D eigenvalue weighted by atomic mass is 32.2. The van der Waals surface area contributed by atoms with Crippen LogP contribution in [0.1, 0.15) is 12.5 Å². The van der Waals surface area contributed by atoms with Gasteiger partial charge >= 0.3 is 0 Å². The van der Waals surface area contributed by atoms with Crippen LogP contribution in [0.4, 0.5) is 0 Å². The van der Waals surface area contributed by atoms with E-state index in [1.54, 1.807) is 0 Å². The predicted molar refractivity (Wildman–Crippen MR) is 75.3 cm³/mol. The fourth-order valence-corrected chi connectivity index (χ4v) is 2.49. The van der Waals surface area contributed by atoms with Crippen molar-refractivity contribution in [1.82, 2.24) is 0 Å². The molecule has 0 spiro atoms. The van der Waals surface area contributed by atoms with Gasteiger partial charge < -0.3 is 0 Å². The summed E-state index contributed by atoms with van der Waals surface area (Å²) in [6, 6.07) is 14.7. The molecule has 0 aliphatic carbocycles. The van der Waals surface area contributed by atoms with Crippen LogP contribution in [-0.4, -0.2) is 11.4 Å². The van der Waals surface area contributed by atoms with Gasteiger partial charge in [0.25, 0.3) is 0 Å². The summed E-state index contributed by atoms with van der Waals surface area (Å²) in [6.45, 7) is 1.99. The van der Waals surface area contributed by atoms with Crippen LogP contribution in [0.2, 0.25) is 0 Å².